The van der Waals surface area contributed by atoms with E-state index in [0.29, 0.717) is 17.9 Å². The predicted octanol–water partition coefficient (Wildman–Crippen LogP) is 7.41. The van der Waals surface area contributed by atoms with E-state index in [1.165, 1.54) is 11.3 Å². The molecule has 1 aromatic rings. The lowest BCUT2D eigenvalue weighted by Gasteiger charge is -2.25. The zero-order valence-electron chi connectivity index (χ0n) is 24.7. The molecule has 0 spiro atoms. The molecule has 0 saturated heterocycles. The Morgan fingerprint density at radius 1 is 1.05 bits per heavy atom. The molecule has 1 aliphatic rings. The SMILES string of the molecule is CC.CC.CC(C)(C)OC(=O)CCC(C(N)=O)N1Cc2cc(OCCCCCBr)ccc2C1=O.CCCBr. The molecule has 1 aliphatic heterocycles. The lowest BCUT2D eigenvalue weighted by Crippen LogP contribution is -2.45. The topological polar surface area (TPSA) is 98.9 Å². The number of hydrogen-bond acceptors (Lipinski definition) is 5. The van der Waals surface area contributed by atoms with Gasteiger partial charge in [0.1, 0.15) is 17.4 Å². The number of carbonyl (C=O) groups excluding carboxylic acids is 3. The molecule has 0 saturated carbocycles. The van der Waals surface area contributed by atoms with Crippen LogP contribution in [0.4, 0.5) is 0 Å². The van der Waals surface area contributed by atoms with E-state index in [1.54, 1.807) is 32.9 Å². The highest BCUT2D eigenvalue weighted by molar-refractivity contribution is 9.09. The van der Waals surface area contributed by atoms with Crippen molar-refractivity contribution < 1.29 is 23.9 Å². The van der Waals surface area contributed by atoms with Crippen LogP contribution in [-0.2, 0) is 20.9 Å². The molecule has 0 fully saturated rings. The molecule has 2 rings (SSSR count). The van der Waals surface area contributed by atoms with Gasteiger partial charge in [-0.05, 0) is 76.6 Å². The smallest absolute Gasteiger partial charge is 0.306 e. The molecule has 9 heteroatoms. The Kier molecular flexibility index (Phi) is 22.5. The number of hydrogen-bond donors (Lipinski definition) is 1. The highest BCUT2D eigenvalue weighted by Gasteiger charge is 2.36. The molecule has 0 aliphatic carbocycles. The van der Waals surface area contributed by atoms with Crippen molar-refractivity contribution in [2.24, 2.45) is 5.73 Å². The number of alkyl halides is 2. The van der Waals surface area contributed by atoms with Gasteiger partial charge in [0.15, 0.2) is 0 Å². The number of unbranched alkanes of at least 4 members (excludes halogenated alkanes) is 2. The largest absolute Gasteiger partial charge is 0.494 e. The van der Waals surface area contributed by atoms with Gasteiger partial charge in [-0.1, -0.05) is 66.5 Å². The van der Waals surface area contributed by atoms with E-state index in [0.717, 1.165) is 35.5 Å². The molecule has 7 nitrogen and oxygen atoms in total. The molecule has 2 amide bonds. The van der Waals surface area contributed by atoms with Crippen LogP contribution in [0, 0.1) is 0 Å². The lowest BCUT2D eigenvalue weighted by molar-refractivity contribution is -0.155. The van der Waals surface area contributed by atoms with E-state index in [2.05, 4.69) is 38.8 Å². The maximum atomic E-state index is 12.8. The number of carbonyl (C=O) groups is 3. The van der Waals surface area contributed by atoms with Gasteiger partial charge in [-0.2, -0.15) is 0 Å². The summed E-state index contributed by atoms with van der Waals surface area (Å²) in [4.78, 5) is 38.3. The van der Waals surface area contributed by atoms with Crippen LogP contribution in [0.5, 0.6) is 5.75 Å². The monoisotopic (exact) mass is 664 g/mol. The molecule has 38 heavy (non-hydrogen) atoms. The van der Waals surface area contributed by atoms with E-state index < -0.39 is 23.5 Å². The van der Waals surface area contributed by atoms with Crippen molar-refractivity contribution in [3.8, 4) is 5.75 Å². The molecule has 1 heterocycles. The van der Waals surface area contributed by atoms with Crippen LogP contribution in [0.2, 0.25) is 0 Å². The highest BCUT2D eigenvalue weighted by atomic mass is 79.9. The van der Waals surface area contributed by atoms with Gasteiger partial charge in [-0.15, -0.1) is 0 Å². The van der Waals surface area contributed by atoms with Crippen LogP contribution in [0.25, 0.3) is 0 Å². The number of benzene rings is 1. The van der Waals surface area contributed by atoms with Crippen molar-refractivity contribution in [3.05, 3.63) is 29.3 Å². The molecule has 0 aromatic heterocycles. The van der Waals surface area contributed by atoms with Crippen LogP contribution in [0.1, 0.15) is 110 Å². The summed E-state index contributed by atoms with van der Waals surface area (Å²) < 4.78 is 11.1. The summed E-state index contributed by atoms with van der Waals surface area (Å²) >= 11 is 6.66. The Morgan fingerprint density at radius 2 is 1.66 bits per heavy atom. The Hall–Kier alpha value is -1.61. The van der Waals surface area contributed by atoms with Gasteiger partial charge in [-0.3, -0.25) is 14.4 Å². The minimum atomic E-state index is -0.869. The first kappa shape index (κ1) is 38.5. The summed E-state index contributed by atoms with van der Waals surface area (Å²) in [6.45, 7) is 16.3. The average Bonchev–Trinajstić information content (AvgIpc) is 3.20. The third kappa shape index (κ3) is 15.7. The van der Waals surface area contributed by atoms with Crippen molar-refractivity contribution >= 4 is 49.6 Å². The zero-order valence-corrected chi connectivity index (χ0v) is 27.9. The van der Waals surface area contributed by atoms with Crippen molar-refractivity contribution in [2.45, 2.75) is 112 Å². The average molecular weight is 667 g/mol. The van der Waals surface area contributed by atoms with Crippen LogP contribution in [0.3, 0.4) is 0 Å². The quantitative estimate of drug-likeness (QED) is 0.142. The summed E-state index contributed by atoms with van der Waals surface area (Å²) in [6.07, 6.45) is 4.52. The predicted molar refractivity (Wildman–Crippen MR) is 164 cm³/mol. The van der Waals surface area contributed by atoms with Gasteiger partial charge >= 0.3 is 5.97 Å². The summed E-state index contributed by atoms with van der Waals surface area (Å²) in [6, 6.07) is 4.46. The summed E-state index contributed by atoms with van der Waals surface area (Å²) in [5, 5.41) is 2.12. The molecule has 0 radical (unpaired) electrons. The minimum Gasteiger partial charge on any atom is -0.494 e. The maximum Gasteiger partial charge on any atom is 0.306 e. The lowest BCUT2D eigenvalue weighted by atomic mass is 10.1. The Balaban J connectivity index is 0. The molecule has 1 aromatic carbocycles. The Bertz CT molecular complexity index is 811. The van der Waals surface area contributed by atoms with Crippen LogP contribution < -0.4 is 10.5 Å². The van der Waals surface area contributed by atoms with Crippen LogP contribution in [-0.4, -0.2) is 51.6 Å². The summed E-state index contributed by atoms with van der Waals surface area (Å²) in [5.74, 6) is -0.620. The van der Waals surface area contributed by atoms with Crippen LogP contribution in [0.15, 0.2) is 18.2 Å². The Labute approximate surface area is 247 Å². The number of ether oxygens (including phenoxy) is 2. The molecule has 2 N–H and O–H groups in total. The molecule has 1 atom stereocenters. The number of halogens is 2. The van der Waals surface area contributed by atoms with Gasteiger partial charge in [0.05, 0.1) is 6.61 Å². The van der Waals surface area contributed by atoms with Gasteiger partial charge in [0, 0.05) is 29.2 Å². The normalized spacial score (nSPS) is 12.5. The van der Waals surface area contributed by atoms with Crippen molar-refractivity contribution in [3.63, 3.8) is 0 Å². The van der Waals surface area contributed by atoms with Crippen molar-refractivity contribution in [1.29, 1.82) is 0 Å². The number of esters is 1. The second kappa shape index (κ2) is 22.2. The number of fused-ring (bicyclic) bond motifs is 1. The first-order valence-electron chi connectivity index (χ1n) is 13.7. The fourth-order valence-electron chi connectivity index (χ4n) is 3.32. The van der Waals surface area contributed by atoms with Gasteiger partial charge < -0.3 is 20.1 Å². The van der Waals surface area contributed by atoms with Crippen LogP contribution >= 0.6 is 31.9 Å². The van der Waals surface area contributed by atoms with Gasteiger partial charge in [0.2, 0.25) is 5.91 Å². The fourth-order valence-corrected chi connectivity index (χ4v) is 3.72. The zero-order chi connectivity index (χ0) is 29.7. The first-order valence-corrected chi connectivity index (χ1v) is 16.0. The number of amides is 2. The highest BCUT2D eigenvalue weighted by Crippen LogP contribution is 2.29. The second-order valence-corrected chi connectivity index (χ2v) is 10.7. The van der Waals surface area contributed by atoms with E-state index in [-0.39, 0.29) is 25.3 Å². The third-order valence-corrected chi connectivity index (χ3v) is 6.24. The van der Waals surface area contributed by atoms with E-state index >= 15 is 0 Å². The molecule has 1 unspecified atom stereocenters. The van der Waals surface area contributed by atoms with Gasteiger partial charge in [-0.25, -0.2) is 0 Å². The number of primary amides is 1. The summed E-state index contributed by atoms with van der Waals surface area (Å²) in [7, 11) is 0. The van der Waals surface area contributed by atoms with E-state index in [9.17, 15) is 14.4 Å². The maximum absolute atomic E-state index is 12.8. The summed E-state index contributed by atoms with van der Waals surface area (Å²) in [5.41, 5.74) is 6.27. The second-order valence-electron chi connectivity index (χ2n) is 9.08. The molecule has 220 valence electrons. The van der Waals surface area contributed by atoms with E-state index in [4.69, 9.17) is 15.2 Å². The van der Waals surface area contributed by atoms with Crippen molar-refractivity contribution in [1.82, 2.24) is 4.90 Å². The first-order chi connectivity index (χ1) is 18.0. The number of nitrogens with zero attached hydrogens (tertiary/aromatic N) is 1. The number of rotatable bonds is 12. The van der Waals surface area contributed by atoms with Gasteiger partial charge in [0.25, 0.3) is 5.91 Å². The third-order valence-electron chi connectivity index (χ3n) is 4.89. The standard InChI is InChI=1S/C22H31BrN2O5.C3H7Br.2C2H6/c1-22(2,3)30-19(26)10-9-18(20(24)27)25-14-15-13-16(7-8-17(15)21(25)28)29-12-6-4-5-11-23;1-2-3-4;2*1-2/h7-8,13,18H,4-6,9-12,14H2,1-3H3,(H2,24,27);2-3H2,1H3;2*1-2H3. The molecule has 0 bridgehead atoms. The Morgan fingerprint density at radius 3 is 2.16 bits per heavy atom. The number of nitrogens with two attached hydrogens (primary N) is 1. The fraction of sp³-hybridized carbons (Fsp3) is 0.690. The van der Waals surface area contributed by atoms with E-state index in [1.807, 2.05) is 33.8 Å². The van der Waals surface area contributed by atoms with Crippen molar-refractivity contribution in [2.75, 3.05) is 17.3 Å². The molecular weight excluding hydrogens is 616 g/mol. The molecular formula is C29H50Br2N2O5. The minimum absolute atomic E-state index is 0.00770.